The molecule has 0 atom stereocenters. The molecule has 0 unspecified atom stereocenters. The van der Waals surface area contributed by atoms with Crippen molar-refractivity contribution in [2.45, 2.75) is 6.43 Å². The smallest absolute Gasteiger partial charge is 0.205 e. The zero-order chi connectivity index (χ0) is 9.30. The minimum Gasteiger partial charge on any atom is -0.205 e. The third kappa shape index (κ3) is 1.85. The van der Waals surface area contributed by atoms with Crippen molar-refractivity contribution in [3.8, 4) is 0 Å². The van der Waals surface area contributed by atoms with Crippen LogP contribution in [0.1, 0.15) is 12.0 Å². The van der Waals surface area contributed by atoms with Crippen LogP contribution in [0.3, 0.4) is 0 Å². The predicted octanol–water partition coefficient (Wildman–Crippen LogP) is 2.90. The first kappa shape index (κ1) is 9.69. The molecule has 0 radical (unpaired) electrons. The molecule has 1 heterocycles. The number of pyridine rings is 1. The van der Waals surface area contributed by atoms with Crippen molar-refractivity contribution < 1.29 is 17.6 Å². The Balaban J connectivity index is 3.23. The van der Waals surface area contributed by atoms with Gasteiger partial charge in [0.15, 0.2) is 0 Å². The van der Waals surface area contributed by atoms with Crippen molar-refractivity contribution in [3.63, 3.8) is 0 Å². The van der Waals surface area contributed by atoms with E-state index < -0.39 is 23.9 Å². The Labute approximate surface area is 78.9 Å². The fourth-order valence-electron chi connectivity index (χ4n) is 0.613. The number of nitrogens with zero attached hydrogens (tertiary/aromatic N) is 1. The minimum absolute atomic E-state index is 0.121. The van der Waals surface area contributed by atoms with Gasteiger partial charge in [-0.3, -0.25) is 0 Å². The Bertz CT molecular complexity index is 302. The molecule has 1 rings (SSSR count). The summed E-state index contributed by atoms with van der Waals surface area (Å²) < 4.78 is 48.6. The lowest BCUT2D eigenvalue weighted by Gasteiger charge is -2.01. The molecule has 1 aromatic heterocycles. The summed E-state index contributed by atoms with van der Waals surface area (Å²) in [5.74, 6) is -2.53. The minimum atomic E-state index is -2.97. The highest BCUT2D eigenvalue weighted by molar-refractivity contribution is 14.1. The monoisotopic (exact) mass is 291 g/mol. The van der Waals surface area contributed by atoms with E-state index in [1.165, 1.54) is 22.6 Å². The maximum Gasteiger partial charge on any atom is 0.268 e. The van der Waals surface area contributed by atoms with Gasteiger partial charge in [0.2, 0.25) is 11.9 Å². The molecule has 0 aromatic carbocycles. The van der Waals surface area contributed by atoms with Crippen molar-refractivity contribution in [2.75, 3.05) is 0 Å². The highest BCUT2D eigenvalue weighted by Crippen LogP contribution is 2.23. The van der Waals surface area contributed by atoms with Crippen LogP contribution in [-0.4, -0.2) is 4.98 Å². The molecule has 0 spiro atoms. The van der Waals surface area contributed by atoms with E-state index in [0.29, 0.717) is 0 Å². The van der Waals surface area contributed by atoms with Gasteiger partial charge in [0.05, 0.1) is 9.13 Å². The summed E-state index contributed by atoms with van der Waals surface area (Å²) in [7, 11) is 0. The average molecular weight is 291 g/mol. The molecular weight excluding hydrogens is 289 g/mol. The van der Waals surface area contributed by atoms with Crippen LogP contribution in [0.2, 0.25) is 0 Å². The molecule has 6 heteroatoms. The van der Waals surface area contributed by atoms with Crippen LogP contribution in [0.25, 0.3) is 0 Å². The Morgan fingerprint density at radius 3 is 2.33 bits per heavy atom. The molecule has 1 aromatic rings. The fraction of sp³-hybridized carbons (Fsp3) is 0.167. The average Bonchev–Trinajstić information content (AvgIpc) is 1.96. The van der Waals surface area contributed by atoms with Crippen LogP contribution in [0, 0.1) is 15.5 Å². The Morgan fingerprint density at radius 1 is 1.25 bits per heavy atom. The lowest BCUT2D eigenvalue weighted by Crippen LogP contribution is -1.99. The summed E-state index contributed by atoms with van der Waals surface area (Å²) in [6.07, 6.45) is -2.97. The summed E-state index contributed by atoms with van der Waals surface area (Å²) in [6.45, 7) is 0. The highest BCUT2D eigenvalue weighted by Gasteiger charge is 2.17. The zero-order valence-electron chi connectivity index (χ0n) is 5.49. The van der Waals surface area contributed by atoms with Crippen molar-refractivity contribution in [2.24, 2.45) is 0 Å². The molecule has 0 fully saturated rings. The molecule has 1 nitrogen and oxygen atoms in total. The van der Waals surface area contributed by atoms with E-state index in [9.17, 15) is 17.6 Å². The van der Waals surface area contributed by atoms with Gasteiger partial charge in [-0.05, 0) is 28.7 Å². The maximum absolute atomic E-state index is 12.4. The van der Waals surface area contributed by atoms with E-state index in [1.807, 2.05) is 0 Å². The molecule has 0 amide bonds. The van der Waals surface area contributed by atoms with E-state index in [1.54, 1.807) is 0 Å². The summed E-state index contributed by atoms with van der Waals surface area (Å²) in [5, 5.41) is 0. The zero-order valence-corrected chi connectivity index (χ0v) is 7.65. The molecule has 0 aliphatic rings. The molecule has 0 aliphatic heterocycles. The third-order valence-corrected chi connectivity index (χ3v) is 1.91. The third-order valence-electron chi connectivity index (χ3n) is 1.15. The number of hydrogen-bond acceptors (Lipinski definition) is 1. The molecule has 0 saturated heterocycles. The molecule has 0 aliphatic carbocycles. The first-order valence-corrected chi connectivity index (χ1v) is 3.90. The highest BCUT2D eigenvalue weighted by atomic mass is 127. The van der Waals surface area contributed by atoms with Crippen LogP contribution in [0.15, 0.2) is 6.07 Å². The lowest BCUT2D eigenvalue weighted by molar-refractivity contribution is 0.144. The molecule has 12 heavy (non-hydrogen) atoms. The second kappa shape index (κ2) is 3.55. The SMILES string of the molecule is Fc1nc(F)c(C(F)F)cc1I. The van der Waals surface area contributed by atoms with E-state index in [-0.39, 0.29) is 3.57 Å². The fourth-order valence-corrected chi connectivity index (χ4v) is 1.07. The van der Waals surface area contributed by atoms with Gasteiger partial charge in [-0.1, -0.05) is 0 Å². The van der Waals surface area contributed by atoms with Crippen LogP contribution in [-0.2, 0) is 0 Å². The summed E-state index contributed by atoms with van der Waals surface area (Å²) in [5.41, 5.74) is -0.874. The van der Waals surface area contributed by atoms with Crippen molar-refractivity contribution in [1.29, 1.82) is 0 Å². The van der Waals surface area contributed by atoms with Crippen LogP contribution >= 0.6 is 22.6 Å². The maximum atomic E-state index is 12.4. The second-order valence-corrected chi connectivity index (χ2v) is 3.10. The normalized spacial score (nSPS) is 10.8. The molecule has 0 saturated carbocycles. The number of hydrogen-bond donors (Lipinski definition) is 0. The summed E-state index contributed by atoms with van der Waals surface area (Å²) in [6, 6.07) is 0.739. The van der Waals surface area contributed by atoms with E-state index in [0.717, 1.165) is 6.07 Å². The van der Waals surface area contributed by atoms with E-state index in [2.05, 4.69) is 4.98 Å². The van der Waals surface area contributed by atoms with Crippen molar-refractivity contribution >= 4 is 22.6 Å². The second-order valence-electron chi connectivity index (χ2n) is 1.94. The topological polar surface area (TPSA) is 12.9 Å². The van der Waals surface area contributed by atoms with Crippen molar-refractivity contribution in [1.82, 2.24) is 4.98 Å². The van der Waals surface area contributed by atoms with Gasteiger partial charge in [0.1, 0.15) is 0 Å². The lowest BCUT2D eigenvalue weighted by atomic mass is 10.3. The first-order valence-electron chi connectivity index (χ1n) is 2.82. The number of aromatic nitrogens is 1. The standard InChI is InChI=1S/C6H2F4IN/c7-4(8)2-1-3(11)6(10)12-5(2)9/h1,4H. The quantitative estimate of drug-likeness (QED) is 0.440. The summed E-state index contributed by atoms with van der Waals surface area (Å²) >= 11 is 1.46. The molecular formula is C6H2F4IN. The van der Waals surface area contributed by atoms with Gasteiger partial charge < -0.3 is 0 Å². The largest absolute Gasteiger partial charge is 0.268 e. The van der Waals surface area contributed by atoms with Crippen molar-refractivity contribution in [3.05, 3.63) is 27.1 Å². The van der Waals surface area contributed by atoms with Gasteiger partial charge in [-0.15, -0.1) is 0 Å². The number of rotatable bonds is 1. The Morgan fingerprint density at radius 2 is 1.83 bits per heavy atom. The Kier molecular flexibility index (Phi) is 2.86. The van der Waals surface area contributed by atoms with Gasteiger partial charge in [-0.25, -0.2) is 8.78 Å². The number of halogens is 5. The van der Waals surface area contributed by atoms with Gasteiger partial charge in [-0.2, -0.15) is 13.8 Å². The van der Waals surface area contributed by atoms with Gasteiger partial charge in [0, 0.05) is 0 Å². The van der Waals surface area contributed by atoms with E-state index in [4.69, 9.17) is 0 Å². The summed E-state index contributed by atoms with van der Waals surface area (Å²) in [4.78, 5) is 2.67. The van der Waals surface area contributed by atoms with Gasteiger partial charge >= 0.3 is 0 Å². The van der Waals surface area contributed by atoms with Crippen LogP contribution < -0.4 is 0 Å². The number of alkyl halides is 2. The van der Waals surface area contributed by atoms with Gasteiger partial charge in [0.25, 0.3) is 6.43 Å². The molecule has 0 bridgehead atoms. The van der Waals surface area contributed by atoms with Crippen LogP contribution in [0.4, 0.5) is 17.6 Å². The molecule has 66 valence electrons. The van der Waals surface area contributed by atoms with E-state index >= 15 is 0 Å². The Hall–Kier alpha value is -0.400. The molecule has 0 N–H and O–H groups in total. The first-order chi connectivity index (χ1) is 5.52. The van der Waals surface area contributed by atoms with Crippen LogP contribution in [0.5, 0.6) is 0 Å². The predicted molar refractivity (Wildman–Crippen MR) is 41.8 cm³/mol.